The van der Waals surface area contributed by atoms with E-state index in [1.807, 2.05) is 0 Å². The minimum absolute atomic E-state index is 0.183. The summed E-state index contributed by atoms with van der Waals surface area (Å²) in [5.41, 5.74) is 5.28. The molecule has 1 saturated carbocycles. The van der Waals surface area contributed by atoms with E-state index in [2.05, 4.69) is 44.9 Å². The van der Waals surface area contributed by atoms with Gasteiger partial charge in [0.1, 0.15) is 5.65 Å². The van der Waals surface area contributed by atoms with E-state index in [0.717, 1.165) is 5.65 Å². The quantitative estimate of drug-likeness (QED) is 0.783. The third-order valence-corrected chi connectivity index (χ3v) is 3.67. The van der Waals surface area contributed by atoms with E-state index < -0.39 is 0 Å². The zero-order chi connectivity index (χ0) is 12.2. The van der Waals surface area contributed by atoms with E-state index in [-0.39, 0.29) is 5.41 Å². The van der Waals surface area contributed by atoms with Crippen molar-refractivity contribution in [3.8, 4) is 0 Å². The van der Waals surface area contributed by atoms with E-state index in [1.54, 1.807) is 0 Å². The number of aromatic amines is 1. The van der Waals surface area contributed by atoms with Gasteiger partial charge in [-0.05, 0) is 42.4 Å². The van der Waals surface area contributed by atoms with Gasteiger partial charge in [-0.25, -0.2) is 4.98 Å². The predicted octanol–water partition coefficient (Wildman–Crippen LogP) is 4.05. The summed E-state index contributed by atoms with van der Waals surface area (Å²) in [6.45, 7) is 8.99. The Labute approximate surface area is 102 Å². The topological polar surface area (TPSA) is 28.7 Å². The molecule has 90 valence electrons. The molecule has 1 N–H and O–H groups in total. The minimum Gasteiger partial charge on any atom is -0.346 e. The van der Waals surface area contributed by atoms with Crippen molar-refractivity contribution < 1.29 is 0 Å². The molecule has 2 heteroatoms. The Morgan fingerprint density at radius 2 is 2.00 bits per heavy atom. The van der Waals surface area contributed by atoms with Crippen LogP contribution in [-0.4, -0.2) is 9.97 Å². The van der Waals surface area contributed by atoms with Gasteiger partial charge in [-0.2, -0.15) is 0 Å². The van der Waals surface area contributed by atoms with Crippen LogP contribution >= 0.6 is 0 Å². The number of fused-ring (bicyclic) bond motifs is 1. The Kier molecular flexibility index (Phi) is 2.13. The molecule has 0 amide bonds. The highest BCUT2D eigenvalue weighted by Crippen LogP contribution is 2.44. The molecule has 1 fully saturated rings. The predicted molar refractivity (Wildman–Crippen MR) is 71.5 cm³/mol. The summed E-state index contributed by atoms with van der Waals surface area (Å²) >= 11 is 0. The van der Waals surface area contributed by atoms with E-state index in [1.165, 1.54) is 35.0 Å². The van der Waals surface area contributed by atoms with Crippen LogP contribution < -0.4 is 0 Å². The number of aryl methyl sites for hydroxylation is 1. The van der Waals surface area contributed by atoms with Crippen molar-refractivity contribution >= 4 is 11.0 Å². The van der Waals surface area contributed by atoms with Crippen molar-refractivity contribution in [2.75, 3.05) is 0 Å². The smallest absolute Gasteiger partial charge is 0.137 e. The first kappa shape index (κ1) is 10.8. The van der Waals surface area contributed by atoms with Gasteiger partial charge in [0.15, 0.2) is 0 Å². The normalized spacial score (nSPS) is 16.7. The van der Waals surface area contributed by atoms with Gasteiger partial charge in [0, 0.05) is 23.2 Å². The van der Waals surface area contributed by atoms with Crippen molar-refractivity contribution in [2.24, 2.45) is 0 Å². The second-order valence-corrected chi connectivity index (χ2v) is 6.31. The average Bonchev–Trinajstić information content (AvgIpc) is 3.02. The van der Waals surface area contributed by atoms with Crippen molar-refractivity contribution in [2.45, 2.75) is 51.9 Å². The van der Waals surface area contributed by atoms with Crippen LogP contribution in [0.15, 0.2) is 12.3 Å². The Hall–Kier alpha value is -1.31. The highest BCUT2D eigenvalue weighted by Gasteiger charge is 2.31. The highest BCUT2D eigenvalue weighted by atomic mass is 14.9. The summed E-state index contributed by atoms with van der Waals surface area (Å²) in [5.74, 6) is 0.706. The third kappa shape index (κ3) is 1.76. The molecule has 0 unspecified atom stereocenters. The molecule has 0 saturated heterocycles. The molecule has 2 nitrogen and oxygen atoms in total. The fraction of sp³-hybridized carbons (Fsp3) is 0.533. The molecular formula is C15H20N2. The Bertz CT molecular complexity index is 568. The first-order valence-corrected chi connectivity index (χ1v) is 6.46. The summed E-state index contributed by atoms with van der Waals surface area (Å²) in [5, 5.41) is 1.28. The maximum absolute atomic E-state index is 4.87. The van der Waals surface area contributed by atoms with Gasteiger partial charge in [0.2, 0.25) is 0 Å². The van der Waals surface area contributed by atoms with Crippen molar-refractivity contribution in [3.63, 3.8) is 0 Å². The Morgan fingerprint density at radius 3 is 2.59 bits per heavy atom. The molecular weight excluding hydrogens is 208 g/mol. The van der Waals surface area contributed by atoms with Crippen LogP contribution in [0.25, 0.3) is 11.0 Å². The molecule has 17 heavy (non-hydrogen) atoms. The first-order valence-electron chi connectivity index (χ1n) is 6.46. The molecule has 2 aromatic rings. The molecule has 0 radical (unpaired) electrons. The van der Waals surface area contributed by atoms with Crippen molar-refractivity contribution in [1.82, 2.24) is 9.97 Å². The molecule has 1 aliphatic carbocycles. The number of hydrogen-bond donors (Lipinski definition) is 1. The second-order valence-electron chi connectivity index (χ2n) is 6.31. The first-order chi connectivity index (χ1) is 7.97. The molecule has 1 aliphatic rings. The lowest BCUT2D eigenvalue weighted by atomic mass is 9.84. The number of nitrogens with zero attached hydrogens (tertiary/aromatic N) is 1. The van der Waals surface area contributed by atoms with Crippen LogP contribution in [0.2, 0.25) is 0 Å². The summed E-state index contributed by atoms with van der Waals surface area (Å²) in [6.07, 6.45) is 4.67. The van der Waals surface area contributed by atoms with Gasteiger partial charge in [-0.3, -0.25) is 0 Å². The van der Waals surface area contributed by atoms with Crippen LogP contribution in [0.3, 0.4) is 0 Å². The second kappa shape index (κ2) is 3.34. The SMILES string of the molecule is Cc1c[nH]c2nc(C3CC3)c(C(C)(C)C)cc12. The van der Waals surface area contributed by atoms with Crippen LogP contribution in [0.1, 0.15) is 56.4 Å². The van der Waals surface area contributed by atoms with Crippen LogP contribution in [0.5, 0.6) is 0 Å². The molecule has 0 spiro atoms. The Balaban J connectivity index is 2.28. The Morgan fingerprint density at radius 1 is 1.29 bits per heavy atom. The number of rotatable bonds is 1. The van der Waals surface area contributed by atoms with Crippen molar-refractivity contribution in [3.05, 3.63) is 29.1 Å². The van der Waals surface area contributed by atoms with Gasteiger partial charge < -0.3 is 4.98 Å². The number of pyridine rings is 1. The standard InChI is InChI=1S/C15H20N2/c1-9-8-16-14-11(9)7-12(15(2,3)4)13(17-14)10-5-6-10/h7-8,10H,5-6H2,1-4H3,(H,16,17). The van der Waals surface area contributed by atoms with E-state index in [4.69, 9.17) is 4.98 Å². The molecule has 0 aromatic carbocycles. The van der Waals surface area contributed by atoms with Crippen molar-refractivity contribution in [1.29, 1.82) is 0 Å². The maximum atomic E-state index is 4.87. The molecule has 2 aromatic heterocycles. The van der Waals surface area contributed by atoms with Gasteiger partial charge >= 0.3 is 0 Å². The lowest BCUT2D eigenvalue weighted by Crippen LogP contribution is -2.15. The number of H-pyrrole nitrogens is 1. The zero-order valence-electron chi connectivity index (χ0n) is 11.1. The van der Waals surface area contributed by atoms with Crippen LogP contribution in [0, 0.1) is 6.92 Å². The lowest BCUT2D eigenvalue weighted by molar-refractivity contribution is 0.579. The van der Waals surface area contributed by atoms with Gasteiger partial charge in [0.05, 0.1) is 0 Å². The fourth-order valence-corrected chi connectivity index (χ4v) is 2.46. The third-order valence-electron chi connectivity index (χ3n) is 3.67. The molecule has 0 bridgehead atoms. The number of hydrogen-bond acceptors (Lipinski definition) is 1. The summed E-state index contributed by atoms with van der Waals surface area (Å²) in [4.78, 5) is 8.15. The molecule has 0 atom stereocenters. The average molecular weight is 228 g/mol. The zero-order valence-corrected chi connectivity index (χ0v) is 11.1. The fourth-order valence-electron chi connectivity index (χ4n) is 2.46. The van der Waals surface area contributed by atoms with Crippen LogP contribution in [0.4, 0.5) is 0 Å². The minimum atomic E-state index is 0.183. The lowest BCUT2D eigenvalue weighted by Gasteiger charge is -2.22. The summed E-state index contributed by atoms with van der Waals surface area (Å²) < 4.78 is 0. The molecule has 0 aliphatic heterocycles. The van der Waals surface area contributed by atoms with E-state index in [9.17, 15) is 0 Å². The van der Waals surface area contributed by atoms with E-state index in [0.29, 0.717) is 5.92 Å². The largest absolute Gasteiger partial charge is 0.346 e. The highest BCUT2D eigenvalue weighted by molar-refractivity contribution is 5.81. The monoisotopic (exact) mass is 228 g/mol. The number of nitrogens with one attached hydrogen (secondary N) is 1. The number of aromatic nitrogens is 2. The van der Waals surface area contributed by atoms with Gasteiger partial charge in [0.25, 0.3) is 0 Å². The maximum Gasteiger partial charge on any atom is 0.137 e. The molecule has 3 rings (SSSR count). The van der Waals surface area contributed by atoms with E-state index >= 15 is 0 Å². The van der Waals surface area contributed by atoms with Crippen LogP contribution in [-0.2, 0) is 5.41 Å². The molecule has 2 heterocycles. The van der Waals surface area contributed by atoms with Gasteiger partial charge in [-0.1, -0.05) is 20.8 Å². The summed E-state index contributed by atoms with van der Waals surface area (Å²) in [7, 11) is 0. The summed E-state index contributed by atoms with van der Waals surface area (Å²) in [6, 6.07) is 2.35. The van der Waals surface area contributed by atoms with Gasteiger partial charge in [-0.15, -0.1) is 0 Å².